The summed E-state index contributed by atoms with van der Waals surface area (Å²) in [6.07, 6.45) is 1.58. The molecule has 22 heavy (non-hydrogen) atoms. The van der Waals surface area contributed by atoms with Crippen molar-refractivity contribution in [2.75, 3.05) is 11.9 Å². The molecule has 0 radical (unpaired) electrons. The van der Waals surface area contributed by atoms with E-state index >= 15 is 0 Å². The topological polar surface area (TPSA) is 75.6 Å². The molecule has 1 saturated heterocycles. The molecule has 1 fully saturated rings. The van der Waals surface area contributed by atoms with E-state index in [0.717, 1.165) is 22.9 Å². The molecule has 2 aromatic rings. The van der Waals surface area contributed by atoms with E-state index in [1.54, 1.807) is 6.07 Å². The highest BCUT2D eigenvalue weighted by Gasteiger charge is 2.25. The Hall–Kier alpha value is -1.92. The number of aromatic carboxylic acids is 1. The number of rotatable bonds is 3. The first-order valence-electron chi connectivity index (χ1n) is 7.22. The van der Waals surface area contributed by atoms with Gasteiger partial charge in [-0.2, -0.15) is 0 Å². The monoisotopic (exact) mass is 319 g/mol. The molecule has 1 aromatic heterocycles. The standard InChI is InChI=1S/C16H17NO4S/c1-9-6-10(4-5-21-9)15(18)17-12-2-3-13-11(7-12)8-14(22-13)16(19)20/h2-3,7-10H,4-6H2,1H3,(H,17,18)(H,19,20). The molecule has 0 bridgehead atoms. The quantitative estimate of drug-likeness (QED) is 0.909. The average Bonchev–Trinajstić information content (AvgIpc) is 2.90. The van der Waals surface area contributed by atoms with Gasteiger partial charge < -0.3 is 15.2 Å². The minimum absolute atomic E-state index is 0.00295. The Kier molecular flexibility index (Phi) is 4.13. The molecule has 0 saturated carbocycles. The van der Waals surface area contributed by atoms with Gasteiger partial charge in [-0.05, 0) is 49.4 Å². The van der Waals surface area contributed by atoms with Crippen LogP contribution >= 0.6 is 11.3 Å². The normalized spacial score (nSPS) is 21.7. The molecule has 1 amide bonds. The van der Waals surface area contributed by atoms with Gasteiger partial charge in [-0.1, -0.05) is 0 Å². The minimum atomic E-state index is -0.928. The first kappa shape index (κ1) is 15.0. The van der Waals surface area contributed by atoms with E-state index in [9.17, 15) is 9.59 Å². The highest BCUT2D eigenvalue weighted by molar-refractivity contribution is 7.20. The number of hydrogen-bond acceptors (Lipinski definition) is 4. The highest BCUT2D eigenvalue weighted by Crippen LogP contribution is 2.29. The van der Waals surface area contributed by atoms with Crippen LogP contribution in [0.4, 0.5) is 5.69 Å². The van der Waals surface area contributed by atoms with Gasteiger partial charge >= 0.3 is 5.97 Å². The molecular formula is C16H17NO4S. The molecule has 6 heteroatoms. The second-order valence-corrected chi connectivity index (χ2v) is 6.64. The lowest BCUT2D eigenvalue weighted by Crippen LogP contribution is -2.32. The number of ether oxygens (including phenoxy) is 1. The van der Waals surface area contributed by atoms with E-state index in [1.165, 1.54) is 11.3 Å². The fourth-order valence-electron chi connectivity index (χ4n) is 2.71. The minimum Gasteiger partial charge on any atom is -0.477 e. The molecule has 2 N–H and O–H groups in total. The molecule has 2 atom stereocenters. The molecule has 1 aliphatic rings. The zero-order chi connectivity index (χ0) is 15.7. The number of anilines is 1. The number of nitrogens with one attached hydrogen (secondary N) is 1. The molecule has 0 aliphatic carbocycles. The SMILES string of the molecule is CC1CC(C(=O)Nc2ccc3sc(C(=O)O)cc3c2)CCO1. The van der Waals surface area contributed by atoms with Crippen molar-refractivity contribution in [1.29, 1.82) is 0 Å². The number of carboxylic acid groups (broad SMARTS) is 1. The summed E-state index contributed by atoms with van der Waals surface area (Å²) in [6, 6.07) is 7.10. The molecule has 2 unspecified atom stereocenters. The van der Waals surface area contributed by atoms with Crippen molar-refractivity contribution in [2.24, 2.45) is 5.92 Å². The Morgan fingerprint density at radius 1 is 1.36 bits per heavy atom. The van der Waals surface area contributed by atoms with Crippen LogP contribution in [-0.4, -0.2) is 29.7 Å². The molecule has 1 aromatic carbocycles. The predicted molar refractivity (Wildman–Crippen MR) is 85.6 cm³/mol. The van der Waals surface area contributed by atoms with Crippen LogP contribution in [0.1, 0.15) is 29.4 Å². The third kappa shape index (κ3) is 3.13. The van der Waals surface area contributed by atoms with Crippen molar-refractivity contribution in [2.45, 2.75) is 25.9 Å². The molecule has 116 valence electrons. The van der Waals surface area contributed by atoms with Crippen molar-refractivity contribution >= 4 is 39.0 Å². The summed E-state index contributed by atoms with van der Waals surface area (Å²) < 4.78 is 6.36. The molecular weight excluding hydrogens is 302 g/mol. The van der Waals surface area contributed by atoms with Crippen LogP contribution in [-0.2, 0) is 9.53 Å². The third-order valence-corrected chi connectivity index (χ3v) is 4.95. The van der Waals surface area contributed by atoms with Gasteiger partial charge in [0.2, 0.25) is 5.91 Å². The summed E-state index contributed by atoms with van der Waals surface area (Å²) in [5.41, 5.74) is 0.700. The number of carbonyl (C=O) groups is 2. The number of carbonyl (C=O) groups excluding carboxylic acids is 1. The van der Waals surface area contributed by atoms with Crippen LogP contribution in [0.25, 0.3) is 10.1 Å². The first-order valence-corrected chi connectivity index (χ1v) is 8.04. The van der Waals surface area contributed by atoms with Gasteiger partial charge in [0.05, 0.1) is 6.10 Å². The van der Waals surface area contributed by atoms with Gasteiger partial charge in [0.1, 0.15) is 4.88 Å². The van der Waals surface area contributed by atoms with Crippen molar-refractivity contribution in [3.05, 3.63) is 29.1 Å². The number of hydrogen-bond donors (Lipinski definition) is 2. The second-order valence-electron chi connectivity index (χ2n) is 5.56. The maximum atomic E-state index is 12.3. The molecule has 2 heterocycles. The zero-order valence-electron chi connectivity index (χ0n) is 12.2. The predicted octanol–water partition coefficient (Wildman–Crippen LogP) is 3.35. The highest BCUT2D eigenvalue weighted by atomic mass is 32.1. The van der Waals surface area contributed by atoms with E-state index < -0.39 is 5.97 Å². The molecule has 3 rings (SSSR count). The summed E-state index contributed by atoms with van der Waals surface area (Å²) in [4.78, 5) is 23.6. The Bertz CT molecular complexity index is 724. The first-order chi connectivity index (χ1) is 10.5. The van der Waals surface area contributed by atoms with Crippen molar-refractivity contribution in [3.63, 3.8) is 0 Å². The van der Waals surface area contributed by atoms with Crippen LogP contribution in [0.2, 0.25) is 0 Å². The summed E-state index contributed by atoms with van der Waals surface area (Å²) in [5.74, 6) is -0.956. The summed E-state index contributed by atoms with van der Waals surface area (Å²) >= 11 is 1.23. The van der Waals surface area contributed by atoms with Gasteiger partial charge in [-0.15, -0.1) is 11.3 Å². The van der Waals surface area contributed by atoms with Crippen molar-refractivity contribution < 1.29 is 19.4 Å². The summed E-state index contributed by atoms with van der Waals surface area (Å²) in [5, 5.41) is 12.8. The fraction of sp³-hybridized carbons (Fsp3) is 0.375. The molecule has 5 nitrogen and oxygen atoms in total. The second kappa shape index (κ2) is 6.06. The number of amides is 1. The van der Waals surface area contributed by atoms with Crippen molar-refractivity contribution in [1.82, 2.24) is 0 Å². The number of thiophene rings is 1. The van der Waals surface area contributed by atoms with Crippen molar-refractivity contribution in [3.8, 4) is 0 Å². The summed E-state index contributed by atoms with van der Waals surface area (Å²) in [7, 11) is 0. The van der Waals surface area contributed by atoms with Crippen LogP contribution in [0, 0.1) is 5.92 Å². The van der Waals surface area contributed by atoms with Gasteiger partial charge in [0.15, 0.2) is 0 Å². The van der Waals surface area contributed by atoms with E-state index in [4.69, 9.17) is 9.84 Å². The number of carboxylic acids is 1. The average molecular weight is 319 g/mol. The number of benzene rings is 1. The van der Waals surface area contributed by atoms with Crippen LogP contribution in [0.5, 0.6) is 0 Å². The van der Waals surface area contributed by atoms with Gasteiger partial charge in [-0.3, -0.25) is 4.79 Å². The lowest BCUT2D eigenvalue weighted by molar-refractivity contribution is -0.124. The van der Waals surface area contributed by atoms with Gasteiger partial charge in [0, 0.05) is 22.9 Å². The maximum Gasteiger partial charge on any atom is 0.345 e. The van der Waals surface area contributed by atoms with Crippen LogP contribution in [0.3, 0.4) is 0 Å². The number of fused-ring (bicyclic) bond motifs is 1. The fourth-order valence-corrected chi connectivity index (χ4v) is 3.59. The van der Waals surface area contributed by atoms with E-state index in [2.05, 4.69) is 5.32 Å². The Balaban J connectivity index is 1.75. The molecule has 0 spiro atoms. The van der Waals surface area contributed by atoms with Crippen LogP contribution < -0.4 is 5.32 Å². The third-order valence-electron chi connectivity index (χ3n) is 3.85. The lowest BCUT2D eigenvalue weighted by atomic mass is 9.95. The van der Waals surface area contributed by atoms with Gasteiger partial charge in [0.25, 0.3) is 0 Å². The Morgan fingerprint density at radius 3 is 2.91 bits per heavy atom. The molecule has 1 aliphatic heterocycles. The Labute approximate surface area is 131 Å². The largest absolute Gasteiger partial charge is 0.477 e. The van der Waals surface area contributed by atoms with Gasteiger partial charge in [-0.25, -0.2) is 4.79 Å². The lowest BCUT2D eigenvalue weighted by Gasteiger charge is -2.26. The zero-order valence-corrected chi connectivity index (χ0v) is 13.0. The van der Waals surface area contributed by atoms with E-state index in [1.807, 2.05) is 25.1 Å². The maximum absolute atomic E-state index is 12.3. The van der Waals surface area contributed by atoms with Crippen LogP contribution in [0.15, 0.2) is 24.3 Å². The van der Waals surface area contributed by atoms with E-state index in [-0.39, 0.29) is 17.9 Å². The van der Waals surface area contributed by atoms with E-state index in [0.29, 0.717) is 17.2 Å². The Morgan fingerprint density at radius 2 is 2.18 bits per heavy atom. The smallest absolute Gasteiger partial charge is 0.345 e. The summed E-state index contributed by atoms with van der Waals surface area (Å²) in [6.45, 7) is 2.59.